The van der Waals surface area contributed by atoms with Gasteiger partial charge in [-0.05, 0) is 36.8 Å². The second-order valence-electron chi connectivity index (χ2n) is 7.21. The third-order valence-electron chi connectivity index (χ3n) is 4.94. The number of piperazine rings is 1. The molecule has 0 bridgehead atoms. The first-order valence-corrected chi connectivity index (χ1v) is 10.3. The Balaban J connectivity index is 1.50. The molecule has 1 aliphatic heterocycles. The van der Waals surface area contributed by atoms with E-state index in [9.17, 15) is 9.59 Å². The monoisotopic (exact) mass is 395 g/mol. The zero-order chi connectivity index (χ0) is 20.5. The fourth-order valence-corrected chi connectivity index (χ4v) is 3.27. The number of benzene rings is 2. The average molecular weight is 396 g/mol. The lowest BCUT2D eigenvalue weighted by Crippen LogP contribution is -2.51. The summed E-state index contributed by atoms with van der Waals surface area (Å²) < 4.78 is 5.83. The summed E-state index contributed by atoms with van der Waals surface area (Å²) in [7, 11) is 0. The minimum Gasteiger partial charge on any atom is -0.457 e. The first-order valence-electron chi connectivity index (χ1n) is 10.3. The molecular formula is C23H29N3O3. The summed E-state index contributed by atoms with van der Waals surface area (Å²) in [6.07, 6.45) is 2.07. The van der Waals surface area contributed by atoms with E-state index in [-0.39, 0.29) is 11.8 Å². The summed E-state index contributed by atoms with van der Waals surface area (Å²) >= 11 is 0. The molecule has 6 nitrogen and oxygen atoms in total. The topological polar surface area (TPSA) is 61.9 Å². The van der Waals surface area contributed by atoms with Gasteiger partial charge in [0.1, 0.15) is 11.5 Å². The smallest absolute Gasteiger partial charge is 0.254 e. The Morgan fingerprint density at radius 3 is 2.41 bits per heavy atom. The summed E-state index contributed by atoms with van der Waals surface area (Å²) in [5.74, 6) is 1.44. The van der Waals surface area contributed by atoms with Crippen molar-refractivity contribution in [3.63, 3.8) is 0 Å². The molecule has 0 saturated carbocycles. The number of carbonyl (C=O) groups is 2. The molecule has 29 heavy (non-hydrogen) atoms. The molecule has 1 aliphatic rings. The van der Waals surface area contributed by atoms with E-state index >= 15 is 0 Å². The summed E-state index contributed by atoms with van der Waals surface area (Å²) in [5, 5.41) is 2.94. The molecule has 154 valence electrons. The lowest BCUT2D eigenvalue weighted by Gasteiger charge is -2.34. The molecule has 2 aromatic rings. The Hall–Kier alpha value is -2.86. The van der Waals surface area contributed by atoms with Crippen molar-refractivity contribution in [3.05, 3.63) is 60.2 Å². The average Bonchev–Trinajstić information content (AvgIpc) is 2.75. The third kappa shape index (κ3) is 6.32. The highest BCUT2D eigenvalue weighted by Gasteiger charge is 2.23. The lowest BCUT2D eigenvalue weighted by atomic mass is 10.1. The van der Waals surface area contributed by atoms with E-state index in [1.54, 1.807) is 6.07 Å². The molecule has 0 radical (unpaired) electrons. The maximum absolute atomic E-state index is 12.9. The summed E-state index contributed by atoms with van der Waals surface area (Å²) in [6, 6.07) is 16.8. The maximum atomic E-state index is 12.9. The second kappa shape index (κ2) is 10.6. The molecule has 0 spiro atoms. The van der Waals surface area contributed by atoms with E-state index in [4.69, 9.17) is 4.74 Å². The molecule has 6 heteroatoms. The predicted molar refractivity (Wildman–Crippen MR) is 113 cm³/mol. The van der Waals surface area contributed by atoms with Crippen molar-refractivity contribution in [2.75, 3.05) is 39.3 Å². The third-order valence-corrected chi connectivity index (χ3v) is 4.94. The number of nitrogens with one attached hydrogen (secondary N) is 1. The number of para-hydroxylation sites is 1. The van der Waals surface area contributed by atoms with Crippen LogP contribution < -0.4 is 10.1 Å². The normalized spacial score (nSPS) is 14.4. The number of amides is 2. The summed E-state index contributed by atoms with van der Waals surface area (Å²) in [5.41, 5.74) is 0.615. The molecule has 1 fully saturated rings. The van der Waals surface area contributed by atoms with Crippen LogP contribution in [0.5, 0.6) is 11.5 Å². The molecule has 0 unspecified atom stereocenters. The van der Waals surface area contributed by atoms with Gasteiger partial charge in [0.25, 0.3) is 5.91 Å². The van der Waals surface area contributed by atoms with Crippen LogP contribution in [-0.2, 0) is 4.79 Å². The van der Waals surface area contributed by atoms with Crippen molar-refractivity contribution < 1.29 is 14.3 Å². The molecule has 3 rings (SSSR count). The van der Waals surface area contributed by atoms with E-state index in [0.29, 0.717) is 44.0 Å². The van der Waals surface area contributed by atoms with Crippen LogP contribution in [0, 0.1) is 0 Å². The minimum atomic E-state index is -0.00411. The van der Waals surface area contributed by atoms with Crippen LogP contribution in [0.1, 0.15) is 30.1 Å². The number of hydrogen-bond acceptors (Lipinski definition) is 4. The highest BCUT2D eigenvalue weighted by atomic mass is 16.5. The SMILES string of the molecule is CCCCNC(=O)CN1CCN(C(=O)c2cccc(Oc3ccccc3)c2)CC1. The van der Waals surface area contributed by atoms with Gasteiger partial charge >= 0.3 is 0 Å². The minimum absolute atomic E-state index is 0.00411. The second-order valence-corrected chi connectivity index (χ2v) is 7.21. The largest absolute Gasteiger partial charge is 0.457 e. The fourth-order valence-electron chi connectivity index (χ4n) is 3.27. The first-order chi connectivity index (χ1) is 14.2. The van der Waals surface area contributed by atoms with Gasteiger partial charge in [0.2, 0.25) is 5.91 Å². The zero-order valence-electron chi connectivity index (χ0n) is 17.0. The molecule has 1 heterocycles. The lowest BCUT2D eigenvalue weighted by molar-refractivity contribution is -0.122. The quantitative estimate of drug-likeness (QED) is 0.698. The summed E-state index contributed by atoms with van der Waals surface area (Å²) in [4.78, 5) is 28.8. The van der Waals surface area contributed by atoms with Crippen molar-refractivity contribution in [1.82, 2.24) is 15.1 Å². The molecule has 2 amide bonds. The Labute approximate surface area is 172 Å². The van der Waals surface area contributed by atoms with Gasteiger partial charge in [-0.15, -0.1) is 0 Å². The van der Waals surface area contributed by atoms with Gasteiger partial charge in [0.15, 0.2) is 0 Å². The van der Waals surface area contributed by atoms with Crippen LogP contribution in [0.2, 0.25) is 0 Å². The summed E-state index contributed by atoms with van der Waals surface area (Å²) in [6.45, 7) is 5.86. The van der Waals surface area contributed by atoms with Crippen molar-refractivity contribution in [2.24, 2.45) is 0 Å². The van der Waals surface area contributed by atoms with Gasteiger partial charge in [-0.25, -0.2) is 0 Å². The number of ether oxygens (including phenoxy) is 1. The van der Waals surface area contributed by atoms with Gasteiger partial charge in [0, 0.05) is 38.3 Å². The van der Waals surface area contributed by atoms with Crippen molar-refractivity contribution in [3.8, 4) is 11.5 Å². The standard InChI is InChI=1S/C23H29N3O3/c1-2-3-12-24-22(27)18-25-13-15-26(16-14-25)23(28)19-8-7-11-21(17-19)29-20-9-5-4-6-10-20/h4-11,17H,2-3,12-16,18H2,1H3,(H,24,27). The zero-order valence-corrected chi connectivity index (χ0v) is 17.0. The molecule has 0 aromatic heterocycles. The van der Waals surface area contributed by atoms with E-state index in [0.717, 1.165) is 25.1 Å². The number of nitrogens with zero attached hydrogens (tertiary/aromatic N) is 2. The van der Waals surface area contributed by atoms with E-state index < -0.39 is 0 Å². The van der Waals surface area contributed by atoms with E-state index in [1.165, 1.54) is 0 Å². The molecular weight excluding hydrogens is 366 g/mol. The number of carbonyl (C=O) groups excluding carboxylic acids is 2. The number of hydrogen-bond donors (Lipinski definition) is 1. The predicted octanol–water partition coefficient (Wildman–Crippen LogP) is 3.15. The van der Waals surface area contributed by atoms with Crippen LogP contribution in [0.15, 0.2) is 54.6 Å². The fraction of sp³-hybridized carbons (Fsp3) is 0.391. The highest BCUT2D eigenvalue weighted by molar-refractivity contribution is 5.94. The van der Waals surface area contributed by atoms with Crippen molar-refractivity contribution in [2.45, 2.75) is 19.8 Å². The van der Waals surface area contributed by atoms with Gasteiger partial charge in [-0.1, -0.05) is 37.6 Å². The van der Waals surface area contributed by atoms with Gasteiger partial charge in [0.05, 0.1) is 6.54 Å². The van der Waals surface area contributed by atoms with Gasteiger partial charge in [-0.2, -0.15) is 0 Å². The van der Waals surface area contributed by atoms with Crippen molar-refractivity contribution >= 4 is 11.8 Å². The number of rotatable bonds is 8. The molecule has 0 aliphatic carbocycles. The van der Waals surface area contributed by atoms with E-state index in [2.05, 4.69) is 17.1 Å². The van der Waals surface area contributed by atoms with Gasteiger partial charge in [-0.3, -0.25) is 14.5 Å². The Morgan fingerprint density at radius 1 is 0.966 bits per heavy atom. The molecule has 0 atom stereocenters. The van der Waals surface area contributed by atoms with E-state index in [1.807, 2.05) is 53.4 Å². The number of unbranched alkanes of at least 4 members (excludes halogenated alkanes) is 1. The van der Waals surface area contributed by atoms with Crippen LogP contribution >= 0.6 is 0 Å². The Kier molecular flexibility index (Phi) is 7.64. The maximum Gasteiger partial charge on any atom is 0.254 e. The van der Waals surface area contributed by atoms with Crippen LogP contribution in [0.25, 0.3) is 0 Å². The molecule has 2 aromatic carbocycles. The Bertz CT molecular complexity index is 802. The van der Waals surface area contributed by atoms with Crippen LogP contribution in [0.4, 0.5) is 0 Å². The van der Waals surface area contributed by atoms with Crippen molar-refractivity contribution in [1.29, 1.82) is 0 Å². The Morgan fingerprint density at radius 2 is 1.69 bits per heavy atom. The first kappa shape index (κ1) is 20.9. The highest BCUT2D eigenvalue weighted by Crippen LogP contribution is 2.22. The molecule has 1 saturated heterocycles. The van der Waals surface area contributed by atoms with Crippen LogP contribution in [-0.4, -0.2) is 60.9 Å². The van der Waals surface area contributed by atoms with Crippen LogP contribution in [0.3, 0.4) is 0 Å². The molecule has 1 N–H and O–H groups in total. The van der Waals surface area contributed by atoms with Gasteiger partial charge < -0.3 is 15.0 Å².